The van der Waals surface area contributed by atoms with Crippen LogP contribution in [0, 0.1) is 5.92 Å². The molecule has 0 bridgehead atoms. The quantitative estimate of drug-likeness (QED) is 0.781. The summed E-state index contributed by atoms with van der Waals surface area (Å²) in [7, 11) is 0. The van der Waals surface area contributed by atoms with Gasteiger partial charge in [0.05, 0.1) is 12.2 Å². The molecule has 0 aliphatic carbocycles. The summed E-state index contributed by atoms with van der Waals surface area (Å²) < 4.78 is 5.61. The summed E-state index contributed by atoms with van der Waals surface area (Å²) >= 11 is 0. The molecule has 2 aliphatic rings. The molecular weight excluding hydrogens is 354 g/mol. The number of nitrogens with zero attached hydrogens (tertiary/aromatic N) is 2. The van der Waals surface area contributed by atoms with Crippen molar-refractivity contribution in [2.24, 2.45) is 5.92 Å². The van der Waals surface area contributed by atoms with E-state index in [0.29, 0.717) is 43.0 Å². The molecule has 0 radical (unpaired) electrons. The maximum absolute atomic E-state index is 13.1. The molecule has 2 amide bonds. The van der Waals surface area contributed by atoms with Crippen LogP contribution < -0.4 is 10.1 Å². The minimum atomic E-state index is -0.384. The number of likely N-dealkylation sites (tertiary alicyclic amines) is 2. The van der Waals surface area contributed by atoms with Crippen molar-refractivity contribution in [2.45, 2.75) is 52.1 Å². The minimum Gasteiger partial charge on any atom is -0.493 e. The number of para-hydroxylation sites is 1. The standard InChI is InChI=1S/C22H33N3O3/c1-4-28-20-10-6-5-8-18(20)22(27)25-12-7-9-19(25)21(26)23-14-17-11-13-24(15-17)16(2)3/h5-6,8,10,16-17,19H,4,7,9,11-15H2,1-3H3,(H,23,26). The molecule has 2 heterocycles. The molecule has 6 nitrogen and oxygen atoms in total. The maximum atomic E-state index is 13.1. The van der Waals surface area contributed by atoms with Crippen molar-refractivity contribution >= 4 is 11.8 Å². The number of nitrogens with one attached hydrogen (secondary N) is 1. The largest absolute Gasteiger partial charge is 0.493 e. The molecule has 154 valence electrons. The van der Waals surface area contributed by atoms with Gasteiger partial charge in [0.2, 0.25) is 5.91 Å². The Morgan fingerprint density at radius 1 is 1.21 bits per heavy atom. The van der Waals surface area contributed by atoms with Gasteiger partial charge in [-0.3, -0.25) is 9.59 Å². The summed E-state index contributed by atoms with van der Waals surface area (Å²) in [6.07, 6.45) is 2.69. The first-order chi connectivity index (χ1) is 13.5. The molecule has 2 fully saturated rings. The Balaban J connectivity index is 1.60. The third kappa shape index (κ3) is 4.66. The fourth-order valence-electron chi connectivity index (χ4n) is 4.22. The summed E-state index contributed by atoms with van der Waals surface area (Å²) in [6.45, 7) is 10.3. The minimum absolute atomic E-state index is 0.0252. The normalized spacial score (nSPS) is 22.6. The summed E-state index contributed by atoms with van der Waals surface area (Å²) in [6, 6.07) is 7.44. The lowest BCUT2D eigenvalue weighted by Crippen LogP contribution is -2.47. The lowest BCUT2D eigenvalue weighted by Gasteiger charge is -2.25. The predicted octanol–water partition coefficient (Wildman–Crippen LogP) is 2.54. The molecule has 0 spiro atoms. The lowest BCUT2D eigenvalue weighted by molar-refractivity contribution is -0.125. The fourth-order valence-corrected chi connectivity index (χ4v) is 4.22. The van der Waals surface area contributed by atoms with Gasteiger partial charge in [-0.25, -0.2) is 0 Å². The highest BCUT2D eigenvalue weighted by molar-refractivity contribution is 6.00. The zero-order chi connectivity index (χ0) is 20.1. The van der Waals surface area contributed by atoms with E-state index in [4.69, 9.17) is 4.74 Å². The number of hydrogen-bond acceptors (Lipinski definition) is 4. The van der Waals surface area contributed by atoms with E-state index in [1.807, 2.05) is 25.1 Å². The summed E-state index contributed by atoms with van der Waals surface area (Å²) in [5.74, 6) is 0.938. The molecule has 0 aromatic heterocycles. The Kier molecular flexibility index (Phi) is 6.94. The van der Waals surface area contributed by atoms with Crippen molar-refractivity contribution in [3.8, 4) is 5.75 Å². The van der Waals surface area contributed by atoms with Gasteiger partial charge >= 0.3 is 0 Å². The number of ether oxygens (including phenoxy) is 1. The zero-order valence-corrected chi connectivity index (χ0v) is 17.3. The highest BCUT2D eigenvalue weighted by atomic mass is 16.5. The van der Waals surface area contributed by atoms with E-state index in [0.717, 1.165) is 32.4 Å². The molecule has 2 saturated heterocycles. The average Bonchev–Trinajstić information content (AvgIpc) is 3.36. The van der Waals surface area contributed by atoms with Crippen LogP contribution in [0.25, 0.3) is 0 Å². The van der Waals surface area contributed by atoms with Crippen LogP contribution in [-0.4, -0.2) is 66.5 Å². The van der Waals surface area contributed by atoms with E-state index in [9.17, 15) is 9.59 Å². The second kappa shape index (κ2) is 9.41. The number of rotatable bonds is 7. The summed E-state index contributed by atoms with van der Waals surface area (Å²) in [5.41, 5.74) is 0.535. The molecule has 1 aromatic carbocycles. The maximum Gasteiger partial charge on any atom is 0.258 e. The van der Waals surface area contributed by atoms with Crippen LogP contribution in [0.1, 0.15) is 50.4 Å². The zero-order valence-electron chi connectivity index (χ0n) is 17.3. The summed E-state index contributed by atoms with van der Waals surface area (Å²) in [4.78, 5) is 30.1. The third-order valence-electron chi connectivity index (χ3n) is 5.85. The first kappa shape index (κ1) is 20.6. The van der Waals surface area contributed by atoms with E-state index in [-0.39, 0.29) is 17.9 Å². The van der Waals surface area contributed by atoms with Crippen LogP contribution in [-0.2, 0) is 4.79 Å². The average molecular weight is 388 g/mol. The Bertz CT molecular complexity index is 691. The number of hydrogen-bond donors (Lipinski definition) is 1. The van der Waals surface area contributed by atoms with Crippen molar-refractivity contribution in [2.75, 3.05) is 32.8 Å². The van der Waals surface area contributed by atoms with Crippen molar-refractivity contribution in [1.29, 1.82) is 0 Å². The van der Waals surface area contributed by atoms with E-state index in [1.54, 1.807) is 11.0 Å². The number of benzene rings is 1. The molecule has 1 aromatic rings. The smallest absolute Gasteiger partial charge is 0.258 e. The summed E-state index contributed by atoms with van der Waals surface area (Å²) in [5, 5.41) is 3.11. The second-order valence-electron chi connectivity index (χ2n) is 8.07. The van der Waals surface area contributed by atoms with Crippen LogP contribution in [0.15, 0.2) is 24.3 Å². The molecule has 2 atom stereocenters. The Hall–Kier alpha value is -2.08. The molecule has 6 heteroatoms. The Labute approximate surface area is 168 Å². The van der Waals surface area contributed by atoms with Crippen LogP contribution >= 0.6 is 0 Å². The van der Waals surface area contributed by atoms with Crippen molar-refractivity contribution in [3.63, 3.8) is 0 Å². The molecular formula is C22H33N3O3. The first-order valence-electron chi connectivity index (χ1n) is 10.6. The topological polar surface area (TPSA) is 61.9 Å². The van der Waals surface area contributed by atoms with Gasteiger partial charge in [0, 0.05) is 25.7 Å². The van der Waals surface area contributed by atoms with Gasteiger partial charge < -0.3 is 19.9 Å². The Morgan fingerprint density at radius 2 is 2.00 bits per heavy atom. The van der Waals surface area contributed by atoms with Gasteiger partial charge in [-0.2, -0.15) is 0 Å². The fraction of sp³-hybridized carbons (Fsp3) is 0.636. The molecule has 3 rings (SSSR count). The van der Waals surface area contributed by atoms with Gasteiger partial charge in [-0.1, -0.05) is 12.1 Å². The molecule has 0 saturated carbocycles. The SMILES string of the molecule is CCOc1ccccc1C(=O)N1CCCC1C(=O)NCC1CCN(C(C)C)C1. The monoisotopic (exact) mass is 387 g/mol. The van der Waals surface area contributed by atoms with Gasteiger partial charge in [-0.15, -0.1) is 0 Å². The van der Waals surface area contributed by atoms with Gasteiger partial charge in [-0.05, 0) is 64.6 Å². The van der Waals surface area contributed by atoms with E-state index >= 15 is 0 Å². The van der Waals surface area contributed by atoms with Crippen LogP contribution in [0.3, 0.4) is 0 Å². The van der Waals surface area contributed by atoms with Crippen molar-refractivity contribution in [3.05, 3.63) is 29.8 Å². The van der Waals surface area contributed by atoms with Crippen LogP contribution in [0.4, 0.5) is 0 Å². The molecule has 28 heavy (non-hydrogen) atoms. The molecule has 2 aliphatic heterocycles. The number of carbonyl (C=O) groups excluding carboxylic acids is 2. The third-order valence-corrected chi connectivity index (χ3v) is 5.85. The molecule has 2 unspecified atom stereocenters. The van der Waals surface area contributed by atoms with E-state index in [1.165, 1.54) is 0 Å². The molecule has 1 N–H and O–H groups in total. The van der Waals surface area contributed by atoms with Crippen molar-refractivity contribution < 1.29 is 14.3 Å². The van der Waals surface area contributed by atoms with Crippen LogP contribution in [0.5, 0.6) is 5.75 Å². The predicted molar refractivity (Wildman–Crippen MR) is 109 cm³/mol. The first-order valence-corrected chi connectivity index (χ1v) is 10.6. The van der Waals surface area contributed by atoms with Gasteiger partial charge in [0.25, 0.3) is 5.91 Å². The highest BCUT2D eigenvalue weighted by Gasteiger charge is 2.36. The lowest BCUT2D eigenvalue weighted by atomic mass is 10.1. The van der Waals surface area contributed by atoms with E-state index < -0.39 is 0 Å². The van der Waals surface area contributed by atoms with Gasteiger partial charge in [0.1, 0.15) is 11.8 Å². The number of carbonyl (C=O) groups is 2. The van der Waals surface area contributed by atoms with E-state index in [2.05, 4.69) is 24.1 Å². The Morgan fingerprint density at radius 3 is 2.71 bits per heavy atom. The number of amides is 2. The van der Waals surface area contributed by atoms with Crippen molar-refractivity contribution in [1.82, 2.24) is 15.1 Å². The van der Waals surface area contributed by atoms with Gasteiger partial charge in [0.15, 0.2) is 0 Å². The highest BCUT2D eigenvalue weighted by Crippen LogP contribution is 2.25. The van der Waals surface area contributed by atoms with Crippen LogP contribution in [0.2, 0.25) is 0 Å². The second-order valence-corrected chi connectivity index (χ2v) is 8.07.